The Hall–Kier alpha value is -4.61. The smallest absolute Gasteiger partial charge is 0.280 e. The molecule has 1 fully saturated rings. The van der Waals surface area contributed by atoms with Gasteiger partial charge in [-0.25, -0.2) is 14.1 Å². The highest BCUT2D eigenvalue weighted by molar-refractivity contribution is 5.98. The fourth-order valence-corrected chi connectivity index (χ4v) is 4.47. The molecule has 2 aromatic carbocycles. The molecule has 0 bridgehead atoms. The highest BCUT2D eigenvalue weighted by Crippen LogP contribution is 2.28. The van der Waals surface area contributed by atoms with Crippen LogP contribution in [0, 0.1) is 5.82 Å². The number of ether oxygens (including phenoxy) is 3. The number of carbonyl (C=O) groups excluding carboxylic acids is 2. The monoisotopic (exact) mass is 531 g/mol. The molecule has 3 heterocycles. The average Bonchev–Trinajstić information content (AvgIpc) is 3.65. The van der Waals surface area contributed by atoms with Crippen molar-refractivity contribution >= 4 is 11.8 Å². The van der Waals surface area contributed by atoms with Gasteiger partial charge in [-0.1, -0.05) is 24.3 Å². The molecular formula is C28H26FN5O5. The van der Waals surface area contributed by atoms with Crippen LogP contribution in [0.15, 0.2) is 79.1 Å². The van der Waals surface area contributed by atoms with E-state index in [2.05, 4.69) is 15.4 Å². The third kappa shape index (κ3) is 5.22. The number of nitrogens with zero attached hydrogens (tertiary/aromatic N) is 3. The molecule has 2 amide bonds. The fraction of sp³-hybridized carbons (Fsp3) is 0.214. The first-order chi connectivity index (χ1) is 18.9. The zero-order valence-electron chi connectivity index (χ0n) is 21.0. The van der Waals surface area contributed by atoms with Crippen LogP contribution in [0.5, 0.6) is 5.75 Å². The number of benzene rings is 2. The Morgan fingerprint density at radius 3 is 2.54 bits per heavy atom. The van der Waals surface area contributed by atoms with Gasteiger partial charge in [-0.05, 0) is 54.4 Å². The van der Waals surface area contributed by atoms with Crippen LogP contribution in [0.2, 0.25) is 0 Å². The van der Waals surface area contributed by atoms with Gasteiger partial charge in [0.2, 0.25) is 0 Å². The predicted molar refractivity (Wildman–Crippen MR) is 139 cm³/mol. The normalized spacial score (nSPS) is 15.0. The van der Waals surface area contributed by atoms with E-state index in [0.29, 0.717) is 17.0 Å². The number of nitrogens with one attached hydrogen (secondary N) is 1. The second-order valence-corrected chi connectivity index (χ2v) is 8.81. The summed E-state index contributed by atoms with van der Waals surface area (Å²) >= 11 is 0. The first-order valence-electron chi connectivity index (χ1n) is 12.2. The van der Waals surface area contributed by atoms with Crippen LogP contribution in [0.25, 0.3) is 17.1 Å². The van der Waals surface area contributed by atoms with E-state index in [9.17, 15) is 14.0 Å². The summed E-state index contributed by atoms with van der Waals surface area (Å²) in [7, 11) is 1.56. The van der Waals surface area contributed by atoms with Crippen LogP contribution >= 0.6 is 0 Å². The van der Waals surface area contributed by atoms with E-state index in [4.69, 9.17) is 19.9 Å². The summed E-state index contributed by atoms with van der Waals surface area (Å²) in [5, 5.41) is 7.31. The maximum Gasteiger partial charge on any atom is 0.280 e. The van der Waals surface area contributed by atoms with E-state index in [1.54, 1.807) is 61.8 Å². The van der Waals surface area contributed by atoms with E-state index in [1.165, 1.54) is 16.9 Å². The van der Waals surface area contributed by atoms with Crippen molar-refractivity contribution in [2.75, 3.05) is 20.3 Å². The van der Waals surface area contributed by atoms with E-state index in [1.807, 2.05) is 12.1 Å². The van der Waals surface area contributed by atoms with Crippen LogP contribution < -0.4 is 15.8 Å². The lowest BCUT2D eigenvalue weighted by atomic mass is 9.97. The Labute approximate surface area is 223 Å². The molecule has 0 radical (unpaired) electrons. The SMILES string of the molecule is COc1ccc(CC(NC(=O)c2cccnc2-n2ccc(-c3ccccc3F)n2)C2(C(N)=O)OCCO2)cc1. The topological polar surface area (TPSA) is 131 Å². The van der Waals surface area contributed by atoms with Crippen molar-refractivity contribution in [2.24, 2.45) is 5.73 Å². The third-order valence-corrected chi connectivity index (χ3v) is 6.41. The Morgan fingerprint density at radius 2 is 1.85 bits per heavy atom. The molecule has 0 aliphatic carbocycles. The van der Waals surface area contributed by atoms with Gasteiger partial charge in [0, 0.05) is 18.0 Å². The van der Waals surface area contributed by atoms with Crippen molar-refractivity contribution < 1.29 is 28.2 Å². The summed E-state index contributed by atoms with van der Waals surface area (Å²) in [5.41, 5.74) is 7.37. The zero-order valence-corrected chi connectivity index (χ0v) is 21.0. The van der Waals surface area contributed by atoms with Gasteiger partial charge in [-0.2, -0.15) is 5.10 Å². The second kappa shape index (κ2) is 11.0. The van der Waals surface area contributed by atoms with E-state index in [0.717, 1.165) is 5.56 Å². The Balaban J connectivity index is 1.46. The van der Waals surface area contributed by atoms with Crippen molar-refractivity contribution in [3.05, 3.63) is 96.1 Å². The highest BCUT2D eigenvalue weighted by Gasteiger charge is 2.51. The summed E-state index contributed by atoms with van der Waals surface area (Å²) in [6, 6.07) is 17.2. The lowest BCUT2D eigenvalue weighted by molar-refractivity contribution is -0.189. The van der Waals surface area contributed by atoms with Gasteiger partial charge in [0.25, 0.3) is 17.6 Å². The van der Waals surface area contributed by atoms with Gasteiger partial charge in [0.05, 0.1) is 37.6 Å². The summed E-state index contributed by atoms with van der Waals surface area (Å²) in [6.45, 7) is 0.282. The van der Waals surface area contributed by atoms with Gasteiger partial charge < -0.3 is 25.3 Å². The van der Waals surface area contributed by atoms with Gasteiger partial charge in [0.15, 0.2) is 5.82 Å². The second-order valence-electron chi connectivity index (χ2n) is 8.81. The van der Waals surface area contributed by atoms with Crippen molar-refractivity contribution in [2.45, 2.75) is 18.2 Å². The molecule has 3 N–H and O–H groups in total. The van der Waals surface area contributed by atoms with Crippen LogP contribution in [-0.4, -0.2) is 58.7 Å². The lowest BCUT2D eigenvalue weighted by Gasteiger charge is -2.33. The molecule has 1 aliphatic rings. The van der Waals surface area contributed by atoms with Crippen LogP contribution in [-0.2, 0) is 20.7 Å². The molecule has 11 heteroatoms. The molecule has 1 aliphatic heterocycles. The number of primary amides is 1. The Morgan fingerprint density at radius 1 is 1.10 bits per heavy atom. The summed E-state index contributed by atoms with van der Waals surface area (Å²) in [4.78, 5) is 30.6. The minimum Gasteiger partial charge on any atom is -0.497 e. The standard InChI is InChI=1S/C28H26FN5O5/c1-37-19-10-8-18(9-11-19)17-24(28(27(30)36)38-15-16-39-28)32-26(35)21-6-4-13-31-25(21)34-14-12-23(33-34)20-5-2-3-7-22(20)29/h2-14,24H,15-17H2,1H3,(H2,30,36)(H,32,35). The highest BCUT2D eigenvalue weighted by atomic mass is 19.1. The molecule has 1 unspecified atom stereocenters. The first-order valence-corrected chi connectivity index (χ1v) is 12.2. The molecule has 4 aromatic rings. The van der Waals surface area contributed by atoms with Crippen molar-refractivity contribution in [3.63, 3.8) is 0 Å². The number of halogens is 1. The maximum absolute atomic E-state index is 14.3. The summed E-state index contributed by atoms with van der Waals surface area (Å²) in [5.74, 6) is -2.82. The molecule has 0 spiro atoms. The minimum absolute atomic E-state index is 0.141. The molecule has 1 saturated heterocycles. The van der Waals surface area contributed by atoms with Gasteiger partial charge in [-0.15, -0.1) is 0 Å². The number of pyridine rings is 1. The summed E-state index contributed by atoms with van der Waals surface area (Å²) < 4.78 is 32.3. The first kappa shape index (κ1) is 26.0. The molecule has 2 aromatic heterocycles. The molecule has 39 heavy (non-hydrogen) atoms. The van der Waals surface area contributed by atoms with Crippen LogP contribution in [0.1, 0.15) is 15.9 Å². The van der Waals surface area contributed by atoms with E-state index in [-0.39, 0.29) is 31.0 Å². The van der Waals surface area contributed by atoms with Crippen molar-refractivity contribution in [3.8, 4) is 22.8 Å². The molecule has 5 rings (SSSR count). The number of methoxy groups -OCH3 is 1. The van der Waals surface area contributed by atoms with Crippen molar-refractivity contribution in [1.29, 1.82) is 0 Å². The quantitative estimate of drug-likeness (QED) is 0.340. The Bertz CT molecular complexity index is 1480. The summed E-state index contributed by atoms with van der Waals surface area (Å²) in [6.07, 6.45) is 3.27. The van der Waals surface area contributed by atoms with E-state index < -0.39 is 29.5 Å². The molecule has 200 valence electrons. The number of aromatic nitrogens is 3. The number of hydrogen-bond acceptors (Lipinski definition) is 7. The molecular weight excluding hydrogens is 505 g/mol. The van der Waals surface area contributed by atoms with Gasteiger partial charge in [0.1, 0.15) is 11.6 Å². The number of nitrogens with two attached hydrogens (primary N) is 1. The van der Waals surface area contributed by atoms with Crippen LogP contribution in [0.4, 0.5) is 4.39 Å². The molecule has 0 saturated carbocycles. The maximum atomic E-state index is 14.3. The van der Waals surface area contributed by atoms with Crippen molar-refractivity contribution in [1.82, 2.24) is 20.1 Å². The number of rotatable bonds is 9. The van der Waals surface area contributed by atoms with E-state index >= 15 is 0 Å². The molecule has 10 nitrogen and oxygen atoms in total. The minimum atomic E-state index is -1.86. The number of amides is 2. The number of carbonyl (C=O) groups is 2. The Kier molecular flexibility index (Phi) is 7.35. The number of hydrogen-bond donors (Lipinski definition) is 2. The third-order valence-electron chi connectivity index (χ3n) is 6.41. The lowest BCUT2D eigenvalue weighted by Crippen LogP contribution is -2.61. The van der Waals surface area contributed by atoms with Crippen LogP contribution in [0.3, 0.4) is 0 Å². The average molecular weight is 532 g/mol. The van der Waals surface area contributed by atoms with Gasteiger partial charge >= 0.3 is 0 Å². The largest absolute Gasteiger partial charge is 0.497 e. The van der Waals surface area contributed by atoms with Gasteiger partial charge in [-0.3, -0.25) is 9.59 Å². The molecule has 1 atom stereocenters. The fourth-order valence-electron chi connectivity index (χ4n) is 4.47. The zero-order chi connectivity index (χ0) is 27.4. The predicted octanol–water partition coefficient (Wildman–Crippen LogP) is 2.65.